The average Bonchev–Trinajstić information content (AvgIpc) is 3.38. The number of H-pyrrole nitrogens is 1. The molecule has 0 aliphatic heterocycles. The number of rotatable bonds is 9. The van der Waals surface area contributed by atoms with Crippen LogP contribution in [0.2, 0.25) is 0 Å². The third kappa shape index (κ3) is 5.74. The van der Waals surface area contributed by atoms with Gasteiger partial charge in [-0.1, -0.05) is 66.7 Å². The third-order valence-corrected chi connectivity index (χ3v) is 7.10. The quantitative estimate of drug-likeness (QED) is 0.292. The topological polar surface area (TPSA) is 44.0 Å². The number of nitrogens with one attached hydrogen (secondary N) is 2. The summed E-state index contributed by atoms with van der Waals surface area (Å²) in [6.45, 7) is 2.58. The Kier molecular flexibility index (Phi) is 7.21. The van der Waals surface area contributed by atoms with Gasteiger partial charge in [-0.25, -0.2) is 4.98 Å². The molecule has 5 heteroatoms. The number of aromatic nitrogens is 2. The predicted octanol–water partition coefficient (Wildman–Crippen LogP) is 6.29. The molecule has 4 nitrogen and oxygen atoms in total. The Morgan fingerprint density at radius 1 is 0.909 bits per heavy atom. The fourth-order valence-corrected chi connectivity index (χ4v) is 5.33. The van der Waals surface area contributed by atoms with Gasteiger partial charge in [-0.15, -0.1) is 0 Å². The first-order valence-corrected chi connectivity index (χ1v) is 12.5. The Balaban J connectivity index is 1.27. The van der Waals surface area contributed by atoms with Crippen molar-refractivity contribution in [2.75, 3.05) is 0 Å². The van der Waals surface area contributed by atoms with Crippen LogP contribution >= 0.6 is 11.9 Å². The van der Waals surface area contributed by atoms with Crippen LogP contribution in [0.25, 0.3) is 0 Å². The van der Waals surface area contributed by atoms with E-state index in [4.69, 9.17) is 0 Å². The molecule has 0 spiro atoms. The van der Waals surface area contributed by atoms with Gasteiger partial charge in [-0.2, -0.15) is 0 Å². The second kappa shape index (κ2) is 10.8. The van der Waals surface area contributed by atoms with Gasteiger partial charge in [0.05, 0.1) is 6.54 Å². The van der Waals surface area contributed by atoms with Gasteiger partial charge in [0, 0.05) is 36.4 Å². The molecule has 3 aromatic carbocycles. The van der Waals surface area contributed by atoms with Gasteiger partial charge >= 0.3 is 0 Å². The lowest BCUT2D eigenvalue weighted by molar-refractivity contribution is 0.157. The molecule has 0 saturated heterocycles. The van der Waals surface area contributed by atoms with Crippen molar-refractivity contribution in [1.82, 2.24) is 19.6 Å². The van der Waals surface area contributed by atoms with Crippen LogP contribution in [0.15, 0.2) is 96.2 Å². The highest BCUT2D eigenvalue weighted by Crippen LogP contribution is 2.36. The molecular weight excluding hydrogens is 424 g/mol. The van der Waals surface area contributed by atoms with E-state index in [9.17, 15) is 0 Å². The molecule has 168 valence electrons. The smallest absolute Gasteiger partial charge is 0.120 e. The molecule has 0 radical (unpaired) electrons. The Morgan fingerprint density at radius 3 is 2.55 bits per heavy atom. The number of imidazole rings is 1. The van der Waals surface area contributed by atoms with E-state index < -0.39 is 0 Å². The van der Waals surface area contributed by atoms with E-state index >= 15 is 0 Å². The summed E-state index contributed by atoms with van der Waals surface area (Å²) < 4.78 is 3.46. The summed E-state index contributed by atoms with van der Waals surface area (Å²) in [6.07, 6.45) is 7.37. The van der Waals surface area contributed by atoms with Gasteiger partial charge in [0.15, 0.2) is 0 Å². The first-order chi connectivity index (χ1) is 16.3. The summed E-state index contributed by atoms with van der Waals surface area (Å²) >= 11 is 1.69. The van der Waals surface area contributed by atoms with Gasteiger partial charge in [0.25, 0.3) is 0 Å². The van der Waals surface area contributed by atoms with Crippen LogP contribution in [0.3, 0.4) is 0 Å². The molecule has 4 aromatic rings. The summed E-state index contributed by atoms with van der Waals surface area (Å²) in [7, 11) is 0. The van der Waals surface area contributed by atoms with E-state index in [1.165, 1.54) is 46.4 Å². The largest absolute Gasteiger partial charge is 0.348 e. The molecule has 0 bridgehead atoms. The normalized spacial score (nSPS) is 15.5. The molecule has 1 heterocycles. The van der Waals surface area contributed by atoms with Crippen LogP contribution in [0.4, 0.5) is 0 Å². The molecule has 5 rings (SSSR count). The molecule has 1 unspecified atom stereocenters. The maximum Gasteiger partial charge on any atom is 0.120 e. The highest BCUT2D eigenvalue weighted by Gasteiger charge is 2.26. The first-order valence-electron chi connectivity index (χ1n) is 11.7. The van der Waals surface area contributed by atoms with Gasteiger partial charge < -0.3 is 4.98 Å². The molecule has 2 N–H and O–H groups in total. The maximum atomic E-state index is 4.51. The number of fused-ring (bicyclic) bond motifs is 1. The van der Waals surface area contributed by atoms with Crippen LogP contribution in [-0.4, -0.2) is 14.9 Å². The SMILES string of the molecule is c1ccc(CNSc2ccc(CN(Cc3ncc[nH]3)C3CCCc4ccccc43)cc2)cc1. The van der Waals surface area contributed by atoms with Crippen LogP contribution in [0, 0.1) is 0 Å². The van der Waals surface area contributed by atoms with Crippen LogP contribution in [0.5, 0.6) is 0 Å². The Bertz CT molecular complexity index is 1130. The molecule has 1 aromatic heterocycles. The summed E-state index contributed by atoms with van der Waals surface area (Å²) in [5.74, 6) is 1.02. The minimum Gasteiger partial charge on any atom is -0.348 e. The van der Waals surface area contributed by atoms with E-state index in [0.717, 1.165) is 25.5 Å². The standard InChI is InChI=1S/C28H30N4S/c1-2-7-22(8-3-1)19-31-33-25-15-13-23(14-16-25)20-32(21-28-29-17-18-30-28)27-12-6-10-24-9-4-5-11-26(24)27/h1-5,7-9,11,13-18,27,31H,6,10,12,19-21H2,(H,29,30). The van der Waals surface area contributed by atoms with E-state index in [2.05, 4.69) is 98.5 Å². The maximum absolute atomic E-state index is 4.51. The van der Waals surface area contributed by atoms with Crippen molar-refractivity contribution in [2.45, 2.75) is 49.8 Å². The van der Waals surface area contributed by atoms with Crippen LogP contribution in [0.1, 0.15) is 47.0 Å². The monoisotopic (exact) mass is 454 g/mol. The van der Waals surface area contributed by atoms with Crippen molar-refractivity contribution >= 4 is 11.9 Å². The van der Waals surface area contributed by atoms with E-state index in [1.807, 2.05) is 12.4 Å². The molecule has 1 aliphatic carbocycles. The third-order valence-electron chi connectivity index (χ3n) is 6.30. The van der Waals surface area contributed by atoms with Crippen molar-refractivity contribution in [3.63, 3.8) is 0 Å². The fraction of sp³-hybridized carbons (Fsp3) is 0.250. The van der Waals surface area contributed by atoms with Crippen molar-refractivity contribution in [1.29, 1.82) is 0 Å². The Morgan fingerprint density at radius 2 is 1.73 bits per heavy atom. The van der Waals surface area contributed by atoms with E-state index in [0.29, 0.717) is 6.04 Å². The van der Waals surface area contributed by atoms with Crippen molar-refractivity contribution in [3.8, 4) is 0 Å². The van der Waals surface area contributed by atoms with Gasteiger partial charge in [-0.3, -0.25) is 9.62 Å². The minimum absolute atomic E-state index is 0.418. The average molecular weight is 455 g/mol. The van der Waals surface area contributed by atoms with Crippen molar-refractivity contribution in [3.05, 3.63) is 119 Å². The number of hydrogen-bond acceptors (Lipinski definition) is 4. The number of aromatic amines is 1. The summed E-state index contributed by atoms with van der Waals surface area (Å²) in [5.41, 5.74) is 5.60. The van der Waals surface area contributed by atoms with Gasteiger partial charge in [-0.05, 0) is 65.6 Å². The second-order valence-electron chi connectivity index (χ2n) is 8.60. The lowest BCUT2D eigenvalue weighted by Gasteiger charge is -2.35. The first kappa shape index (κ1) is 22.0. The number of aryl methyl sites for hydroxylation is 1. The Hall–Kier alpha value is -2.86. The zero-order chi connectivity index (χ0) is 22.3. The zero-order valence-corrected chi connectivity index (χ0v) is 19.6. The molecule has 0 saturated carbocycles. The molecule has 1 aliphatic rings. The van der Waals surface area contributed by atoms with Crippen molar-refractivity contribution in [2.24, 2.45) is 0 Å². The van der Waals surface area contributed by atoms with Crippen molar-refractivity contribution < 1.29 is 0 Å². The summed E-state index contributed by atoms with van der Waals surface area (Å²) in [4.78, 5) is 11.6. The highest BCUT2D eigenvalue weighted by molar-refractivity contribution is 7.97. The van der Waals surface area contributed by atoms with Crippen LogP contribution < -0.4 is 4.72 Å². The molecule has 0 fully saturated rings. The minimum atomic E-state index is 0.418. The van der Waals surface area contributed by atoms with Gasteiger partial charge in [0.2, 0.25) is 0 Å². The number of hydrogen-bond donors (Lipinski definition) is 2. The Labute approximate surface area is 200 Å². The molecule has 1 atom stereocenters. The lowest BCUT2D eigenvalue weighted by atomic mass is 9.86. The molecular formula is C28H30N4S. The number of benzene rings is 3. The van der Waals surface area contributed by atoms with Crippen LogP contribution in [-0.2, 0) is 26.1 Å². The predicted molar refractivity (Wildman–Crippen MR) is 136 cm³/mol. The molecule has 0 amide bonds. The van der Waals surface area contributed by atoms with E-state index in [1.54, 1.807) is 11.9 Å². The fourth-order valence-electron chi connectivity index (χ4n) is 4.66. The van der Waals surface area contributed by atoms with Gasteiger partial charge in [0.1, 0.15) is 5.82 Å². The van der Waals surface area contributed by atoms with E-state index in [-0.39, 0.29) is 0 Å². The second-order valence-corrected chi connectivity index (χ2v) is 9.56. The molecule has 33 heavy (non-hydrogen) atoms. The lowest BCUT2D eigenvalue weighted by Crippen LogP contribution is -2.31. The highest BCUT2D eigenvalue weighted by atomic mass is 32.2. The summed E-state index contributed by atoms with van der Waals surface area (Å²) in [6, 6.07) is 28.8. The zero-order valence-electron chi connectivity index (χ0n) is 18.8. The number of nitrogens with zero attached hydrogens (tertiary/aromatic N) is 2. The summed E-state index contributed by atoms with van der Waals surface area (Å²) in [5, 5.41) is 0.